The molecule has 0 radical (unpaired) electrons. The molecule has 1 atom stereocenters. The Morgan fingerprint density at radius 3 is 2.89 bits per heavy atom. The molecule has 3 aromatic rings. The molecule has 2 aromatic heterocycles. The molecule has 0 amide bonds. The van der Waals surface area contributed by atoms with Gasteiger partial charge in [0.2, 0.25) is 0 Å². The lowest BCUT2D eigenvalue weighted by Gasteiger charge is -2.22. The van der Waals surface area contributed by atoms with Crippen molar-refractivity contribution < 1.29 is 0 Å². The second-order valence-electron chi connectivity index (χ2n) is 8.47. The van der Waals surface area contributed by atoms with Crippen LogP contribution in [0.2, 0.25) is 0 Å². The maximum atomic E-state index is 12.5. The Labute approximate surface area is 164 Å². The van der Waals surface area contributed by atoms with Crippen LogP contribution in [0.4, 0.5) is 0 Å². The summed E-state index contributed by atoms with van der Waals surface area (Å²) in [6.45, 7) is 7.57. The zero-order valence-corrected chi connectivity index (χ0v) is 16.3. The number of rotatable bonds is 3. The molecule has 4 heterocycles. The number of pyridine rings is 2. The Morgan fingerprint density at radius 1 is 1.18 bits per heavy atom. The summed E-state index contributed by atoms with van der Waals surface area (Å²) < 4.78 is 0. The second kappa shape index (κ2) is 6.83. The number of fused-ring (bicyclic) bond motifs is 1. The van der Waals surface area contributed by atoms with Crippen LogP contribution in [0.1, 0.15) is 24.1 Å². The third kappa shape index (κ3) is 3.15. The summed E-state index contributed by atoms with van der Waals surface area (Å²) in [5, 5.41) is 5.25. The van der Waals surface area contributed by atoms with Gasteiger partial charge in [-0.1, -0.05) is 12.1 Å². The first-order chi connectivity index (χ1) is 13.6. The lowest BCUT2D eigenvalue weighted by atomic mass is 9.87. The molecule has 2 aliphatic rings. The molecule has 5 nitrogen and oxygen atoms in total. The Bertz CT molecular complexity index is 1060. The van der Waals surface area contributed by atoms with Crippen molar-refractivity contribution in [2.45, 2.75) is 26.3 Å². The van der Waals surface area contributed by atoms with E-state index in [-0.39, 0.29) is 5.56 Å². The third-order valence-electron chi connectivity index (χ3n) is 6.48. The Hall–Kier alpha value is -2.50. The standard InChI is InChI=1S/C23H26N4O/c1-16-3-2-4-19-20(16)11-21(26-22(19)28)17-5-6-18(25-12-17)13-27-10-8-23(15-27)7-9-24-14-23/h2-6,11-12,24H,7-10,13-15H2,1H3,(H,26,28). The molecule has 144 valence electrons. The molecule has 1 aromatic carbocycles. The number of aromatic nitrogens is 2. The number of likely N-dealkylation sites (tertiary alicyclic amines) is 1. The monoisotopic (exact) mass is 374 g/mol. The largest absolute Gasteiger partial charge is 0.321 e. The van der Waals surface area contributed by atoms with Gasteiger partial charge in [0.25, 0.3) is 5.56 Å². The third-order valence-corrected chi connectivity index (χ3v) is 6.48. The molecule has 1 spiro atoms. The van der Waals surface area contributed by atoms with Crippen molar-refractivity contribution in [2.24, 2.45) is 5.41 Å². The van der Waals surface area contributed by atoms with Crippen molar-refractivity contribution >= 4 is 10.8 Å². The van der Waals surface area contributed by atoms with E-state index in [4.69, 9.17) is 0 Å². The summed E-state index contributed by atoms with van der Waals surface area (Å²) in [7, 11) is 0. The van der Waals surface area contributed by atoms with Crippen molar-refractivity contribution in [1.82, 2.24) is 20.2 Å². The summed E-state index contributed by atoms with van der Waals surface area (Å²) in [5.74, 6) is 0. The van der Waals surface area contributed by atoms with Crippen LogP contribution in [0.25, 0.3) is 22.0 Å². The number of nitrogens with zero attached hydrogens (tertiary/aromatic N) is 2. The highest BCUT2D eigenvalue weighted by atomic mass is 16.1. The predicted octanol–water partition coefficient (Wildman–Crippen LogP) is 3.08. The fourth-order valence-electron chi connectivity index (χ4n) is 4.81. The van der Waals surface area contributed by atoms with Crippen LogP contribution in [-0.2, 0) is 6.54 Å². The number of hydrogen-bond donors (Lipinski definition) is 2. The first kappa shape index (κ1) is 17.6. The van der Waals surface area contributed by atoms with E-state index >= 15 is 0 Å². The molecule has 2 fully saturated rings. The highest BCUT2D eigenvalue weighted by Gasteiger charge is 2.40. The van der Waals surface area contributed by atoms with Crippen molar-refractivity contribution in [2.75, 3.05) is 26.2 Å². The molecular formula is C23H26N4O. The topological polar surface area (TPSA) is 61.0 Å². The molecule has 0 saturated carbocycles. The Morgan fingerprint density at radius 2 is 2.11 bits per heavy atom. The van der Waals surface area contributed by atoms with Crippen LogP contribution in [0, 0.1) is 12.3 Å². The maximum Gasteiger partial charge on any atom is 0.256 e. The summed E-state index contributed by atoms with van der Waals surface area (Å²) in [5.41, 5.74) is 4.41. The number of nitrogens with one attached hydrogen (secondary N) is 2. The van der Waals surface area contributed by atoms with Crippen LogP contribution < -0.4 is 10.9 Å². The van der Waals surface area contributed by atoms with Gasteiger partial charge >= 0.3 is 0 Å². The fourth-order valence-corrected chi connectivity index (χ4v) is 4.81. The Kier molecular flexibility index (Phi) is 4.29. The molecule has 2 N–H and O–H groups in total. The average molecular weight is 374 g/mol. The van der Waals surface area contributed by atoms with Crippen LogP contribution in [-0.4, -0.2) is 41.0 Å². The molecule has 2 saturated heterocycles. The first-order valence-electron chi connectivity index (χ1n) is 10.1. The van der Waals surface area contributed by atoms with E-state index in [1.807, 2.05) is 31.3 Å². The van der Waals surface area contributed by atoms with Gasteiger partial charge in [0.15, 0.2) is 0 Å². The molecule has 2 aliphatic heterocycles. The van der Waals surface area contributed by atoms with Gasteiger partial charge in [-0.25, -0.2) is 0 Å². The van der Waals surface area contributed by atoms with Gasteiger partial charge in [0, 0.05) is 36.8 Å². The molecule has 5 heteroatoms. The molecule has 0 bridgehead atoms. The van der Waals surface area contributed by atoms with E-state index in [2.05, 4.69) is 38.4 Å². The van der Waals surface area contributed by atoms with Crippen molar-refractivity contribution in [3.63, 3.8) is 0 Å². The van der Waals surface area contributed by atoms with Gasteiger partial charge in [0.1, 0.15) is 0 Å². The van der Waals surface area contributed by atoms with Gasteiger partial charge in [-0.05, 0) is 73.5 Å². The second-order valence-corrected chi connectivity index (χ2v) is 8.47. The SMILES string of the molecule is Cc1cccc2c(=O)[nH]c(-c3ccc(CN4CCC5(CCNC5)C4)nc3)cc12. The van der Waals surface area contributed by atoms with Crippen molar-refractivity contribution in [1.29, 1.82) is 0 Å². The van der Waals surface area contributed by atoms with Crippen LogP contribution >= 0.6 is 0 Å². The van der Waals surface area contributed by atoms with E-state index in [0.29, 0.717) is 5.41 Å². The van der Waals surface area contributed by atoms with Gasteiger partial charge in [-0.3, -0.25) is 14.7 Å². The molecular weight excluding hydrogens is 348 g/mol. The molecule has 28 heavy (non-hydrogen) atoms. The lowest BCUT2D eigenvalue weighted by molar-refractivity contribution is 0.266. The lowest BCUT2D eigenvalue weighted by Crippen LogP contribution is -2.29. The smallest absolute Gasteiger partial charge is 0.256 e. The highest BCUT2D eigenvalue weighted by Crippen LogP contribution is 2.36. The van der Waals surface area contributed by atoms with Crippen LogP contribution in [0.3, 0.4) is 0 Å². The minimum Gasteiger partial charge on any atom is -0.321 e. The normalized spacial score (nSPS) is 22.5. The molecule has 5 rings (SSSR count). The summed E-state index contributed by atoms with van der Waals surface area (Å²) in [6, 6.07) is 12.0. The van der Waals surface area contributed by atoms with Crippen molar-refractivity contribution in [3.8, 4) is 11.3 Å². The van der Waals surface area contributed by atoms with Crippen LogP contribution in [0.15, 0.2) is 47.4 Å². The number of H-pyrrole nitrogens is 1. The number of hydrogen-bond acceptors (Lipinski definition) is 4. The maximum absolute atomic E-state index is 12.5. The highest BCUT2D eigenvalue weighted by molar-refractivity contribution is 5.87. The quantitative estimate of drug-likeness (QED) is 0.740. The minimum absolute atomic E-state index is 0.0483. The fraction of sp³-hybridized carbons (Fsp3) is 0.391. The van der Waals surface area contributed by atoms with Crippen molar-refractivity contribution in [3.05, 3.63) is 64.2 Å². The molecule has 0 aliphatic carbocycles. The number of benzene rings is 1. The average Bonchev–Trinajstić information content (AvgIpc) is 3.33. The van der Waals surface area contributed by atoms with E-state index in [1.54, 1.807) is 0 Å². The first-order valence-corrected chi connectivity index (χ1v) is 10.1. The van der Waals surface area contributed by atoms with E-state index < -0.39 is 0 Å². The zero-order valence-electron chi connectivity index (χ0n) is 16.3. The van der Waals surface area contributed by atoms with Crippen LogP contribution in [0.5, 0.6) is 0 Å². The van der Waals surface area contributed by atoms with E-state index in [1.165, 1.54) is 19.4 Å². The summed E-state index contributed by atoms with van der Waals surface area (Å²) in [6.07, 6.45) is 4.47. The predicted molar refractivity (Wildman–Crippen MR) is 112 cm³/mol. The van der Waals surface area contributed by atoms with Gasteiger partial charge < -0.3 is 10.3 Å². The number of aryl methyl sites for hydroxylation is 1. The molecule has 1 unspecified atom stereocenters. The van der Waals surface area contributed by atoms with E-state index in [0.717, 1.165) is 59.5 Å². The summed E-state index contributed by atoms with van der Waals surface area (Å²) in [4.78, 5) is 22.7. The minimum atomic E-state index is -0.0483. The van der Waals surface area contributed by atoms with Gasteiger partial charge in [-0.15, -0.1) is 0 Å². The number of aromatic amines is 1. The Balaban J connectivity index is 1.36. The zero-order chi connectivity index (χ0) is 19.1. The van der Waals surface area contributed by atoms with E-state index in [9.17, 15) is 4.79 Å². The van der Waals surface area contributed by atoms with Gasteiger partial charge in [0.05, 0.1) is 11.4 Å². The summed E-state index contributed by atoms with van der Waals surface area (Å²) >= 11 is 0. The van der Waals surface area contributed by atoms with Gasteiger partial charge in [-0.2, -0.15) is 0 Å².